The third-order valence-electron chi connectivity index (χ3n) is 4.74. The number of aromatic hydroxyl groups is 1. The van der Waals surface area contributed by atoms with Crippen molar-refractivity contribution in [3.8, 4) is 5.75 Å². The van der Waals surface area contributed by atoms with Gasteiger partial charge in [0.15, 0.2) is 5.75 Å². The van der Waals surface area contributed by atoms with Crippen molar-refractivity contribution >= 4 is 28.9 Å². The quantitative estimate of drug-likeness (QED) is 0.658. The van der Waals surface area contributed by atoms with Crippen LogP contribution in [-0.4, -0.2) is 29.1 Å². The molecule has 1 fully saturated rings. The summed E-state index contributed by atoms with van der Waals surface area (Å²) in [6.45, 7) is 3.58. The van der Waals surface area contributed by atoms with Gasteiger partial charge in [0.1, 0.15) is 0 Å². The summed E-state index contributed by atoms with van der Waals surface area (Å²) >= 11 is 12.1. The van der Waals surface area contributed by atoms with Crippen molar-refractivity contribution in [3.05, 3.63) is 62.5 Å². The first-order valence-corrected chi connectivity index (χ1v) is 9.40. The standard InChI is InChI=1S/C19H21Cl2N3O2/c20-16-3-1-14(9-17(16)21)12-24-7-5-15(6-8-24)22-11-13-2-4-18(23-26)19(25)10-13/h1-4,9-10,15,22,25H,5-8,11-12H2/p+1. The molecule has 1 aliphatic heterocycles. The molecular weight excluding hydrogens is 373 g/mol. The maximum Gasteiger partial charge on any atom is 0.294 e. The van der Waals surface area contributed by atoms with Crippen LogP contribution >= 0.6 is 23.2 Å². The van der Waals surface area contributed by atoms with Crippen LogP contribution in [-0.2, 0) is 13.1 Å². The molecule has 0 amide bonds. The zero-order valence-corrected chi connectivity index (χ0v) is 15.9. The normalized spacial score (nSPS) is 15.9. The molecule has 5 nitrogen and oxygen atoms in total. The number of phenols is 1. The Morgan fingerprint density at radius 1 is 1.08 bits per heavy atom. The van der Waals surface area contributed by atoms with Crippen LogP contribution in [0.1, 0.15) is 24.0 Å². The van der Waals surface area contributed by atoms with Crippen LogP contribution < -0.4 is 10.5 Å². The molecule has 0 spiro atoms. The van der Waals surface area contributed by atoms with Crippen LogP contribution in [0.4, 0.5) is 5.69 Å². The zero-order valence-electron chi connectivity index (χ0n) is 14.3. The van der Waals surface area contributed by atoms with E-state index >= 15 is 0 Å². The maximum absolute atomic E-state index is 10.6. The van der Waals surface area contributed by atoms with Crippen molar-refractivity contribution in [2.24, 2.45) is 0 Å². The van der Waals surface area contributed by atoms with Gasteiger partial charge in [-0.1, -0.05) is 35.3 Å². The summed E-state index contributed by atoms with van der Waals surface area (Å²) in [4.78, 5) is 13.0. The molecule has 0 unspecified atom stereocenters. The lowest BCUT2D eigenvalue weighted by Gasteiger charge is -2.32. The average molecular weight is 395 g/mol. The largest absolute Gasteiger partial charge is 0.502 e. The molecule has 1 saturated heterocycles. The Morgan fingerprint density at radius 3 is 2.46 bits per heavy atom. The van der Waals surface area contributed by atoms with Gasteiger partial charge in [0.2, 0.25) is 0 Å². The number of nitrogens with zero attached hydrogens (tertiary/aromatic N) is 1. The molecule has 7 heteroatoms. The first-order valence-electron chi connectivity index (χ1n) is 8.65. The molecular formula is C19H22Cl2N3O2+. The highest BCUT2D eigenvalue weighted by Gasteiger charge is 2.19. The van der Waals surface area contributed by atoms with Gasteiger partial charge < -0.3 is 10.4 Å². The number of piperidine rings is 1. The van der Waals surface area contributed by atoms with Crippen LogP contribution in [0.15, 0.2) is 36.4 Å². The smallest absolute Gasteiger partial charge is 0.294 e. The summed E-state index contributed by atoms with van der Waals surface area (Å²) in [6.07, 6.45) is 2.13. The number of hydrogen-bond donors (Lipinski definition) is 3. The predicted molar refractivity (Wildman–Crippen MR) is 104 cm³/mol. The second-order valence-electron chi connectivity index (χ2n) is 6.63. The van der Waals surface area contributed by atoms with Crippen molar-refractivity contribution in [1.82, 2.24) is 10.2 Å². The number of halogens is 2. The van der Waals surface area contributed by atoms with Crippen LogP contribution in [0.2, 0.25) is 10.0 Å². The Bertz CT molecular complexity index is 777. The molecule has 138 valence electrons. The highest BCUT2D eigenvalue weighted by Crippen LogP contribution is 2.24. The molecule has 0 aromatic heterocycles. The van der Waals surface area contributed by atoms with Gasteiger partial charge in [0, 0.05) is 35.3 Å². The van der Waals surface area contributed by atoms with Crippen LogP contribution in [0.3, 0.4) is 0 Å². The van der Waals surface area contributed by atoms with E-state index in [1.54, 1.807) is 17.3 Å². The molecule has 1 heterocycles. The van der Waals surface area contributed by atoms with Gasteiger partial charge in [-0.2, -0.15) is 0 Å². The van der Waals surface area contributed by atoms with Gasteiger partial charge >= 0.3 is 0 Å². The van der Waals surface area contributed by atoms with E-state index in [2.05, 4.69) is 10.2 Å². The number of hydrogen-bond acceptors (Lipinski definition) is 4. The second kappa shape index (κ2) is 8.82. The molecule has 26 heavy (non-hydrogen) atoms. The predicted octanol–water partition coefficient (Wildman–Crippen LogP) is 2.93. The molecule has 3 rings (SSSR count). The van der Waals surface area contributed by atoms with E-state index in [0.717, 1.165) is 38.0 Å². The fourth-order valence-electron chi connectivity index (χ4n) is 3.23. The van der Waals surface area contributed by atoms with Crippen molar-refractivity contribution in [2.75, 3.05) is 13.1 Å². The number of nitroso groups, excluding NO2 is 1. The van der Waals surface area contributed by atoms with Gasteiger partial charge in [-0.05, 0) is 55.3 Å². The minimum absolute atomic E-state index is 0.0178. The third-order valence-corrected chi connectivity index (χ3v) is 5.48. The number of rotatable bonds is 6. The van der Waals surface area contributed by atoms with E-state index < -0.39 is 0 Å². The Morgan fingerprint density at radius 2 is 1.81 bits per heavy atom. The van der Waals surface area contributed by atoms with Crippen molar-refractivity contribution in [3.63, 3.8) is 0 Å². The van der Waals surface area contributed by atoms with Crippen LogP contribution in [0.5, 0.6) is 5.75 Å². The summed E-state index contributed by atoms with van der Waals surface area (Å²) in [5, 5.41) is 16.2. The molecule has 2 aromatic carbocycles. The lowest BCUT2D eigenvalue weighted by Crippen LogP contribution is -2.55. The first-order chi connectivity index (χ1) is 12.5. The van der Waals surface area contributed by atoms with E-state index in [9.17, 15) is 10.0 Å². The van der Waals surface area contributed by atoms with Gasteiger partial charge in [-0.3, -0.25) is 4.90 Å². The van der Waals surface area contributed by atoms with Gasteiger partial charge in [0.25, 0.3) is 5.69 Å². The molecule has 0 atom stereocenters. The number of phenolic OH excluding ortho intramolecular Hbond substituents is 1. The molecule has 1 aliphatic rings. The fraction of sp³-hybridized carbons (Fsp3) is 0.368. The maximum atomic E-state index is 10.6. The molecule has 2 aromatic rings. The Balaban J connectivity index is 1.45. The average Bonchev–Trinajstić information content (AvgIpc) is 2.64. The molecule has 0 aliphatic carbocycles. The van der Waals surface area contributed by atoms with E-state index in [1.807, 2.05) is 24.3 Å². The highest BCUT2D eigenvalue weighted by atomic mass is 35.5. The van der Waals surface area contributed by atoms with Gasteiger partial charge in [0.05, 0.1) is 10.0 Å². The highest BCUT2D eigenvalue weighted by molar-refractivity contribution is 6.42. The summed E-state index contributed by atoms with van der Waals surface area (Å²) in [5.74, 6) is -0.0178. The number of nitrogens with one attached hydrogen (secondary N) is 2. The van der Waals surface area contributed by atoms with E-state index in [4.69, 9.17) is 23.2 Å². The summed E-state index contributed by atoms with van der Waals surface area (Å²) < 4.78 is 0. The summed E-state index contributed by atoms with van der Waals surface area (Å²) in [7, 11) is 0. The van der Waals surface area contributed by atoms with E-state index in [0.29, 0.717) is 22.6 Å². The van der Waals surface area contributed by atoms with Crippen LogP contribution in [0.25, 0.3) is 0 Å². The van der Waals surface area contributed by atoms with Crippen molar-refractivity contribution < 1.29 is 10.3 Å². The lowest BCUT2D eigenvalue weighted by atomic mass is 10.0. The molecule has 0 saturated carbocycles. The monoisotopic (exact) mass is 394 g/mol. The lowest BCUT2D eigenvalue weighted by molar-refractivity contribution is -0.380. The SMILES string of the molecule is O=[NH+]c1ccc(CNC2CCN(Cc3ccc(Cl)c(Cl)c3)CC2)cc1O. The third kappa shape index (κ3) is 4.95. The molecule has 0 bridgehead atoms. The topological polar surface area (TPSA) is 66.5 Å². The fourth-order valence-corrected chi connectivity index (χ4v) is 3.55. The number of likely N-dealkylation sites (tertiary alicyclic amines) is 1. The van der Waals surface area contributed by atoms with Crippen LogP contribution in [0, 0.1) is 4.91 Å². The minimum atomic E-state index is -0.0178. The minimum Gasteiger partial charge on any atom is -0.502 e. The number of benzene rings is 2. The Hall–Kier alpha value is -1.66. The second-order valence-corrected chi connectivity index (χ2v) is 7.45. The Labute approximate surface area is 162 Å². The van der Waals surface area contributed by atoms with Gasteiger partial charge in [-0.15, -0.1) is 0 Å². The zero-order chi connectivity index (χ0) is 18.5. The van der Waals surface area contributed by atoms with Crippen molar-refractivity contribution in [1.29, 1.82) is 0 Å². The summed E-state index contributed by atoms with van der Waals surface area (Å²) in [5.41, 5.74) is 2.33. The Kier molecular flexibility index (Phi) is 6.48. The first kappa shape index (κ1) is 19.1. The van der Waals surface area contributed by atoms with E-state index in [-0.39, 0.29) is 11.4 Å². The molecule has 3 N–H and O–H groups in total. The molecule has 0 radical (unpaired) electrons. The van der Waals surface area contributed by atoms with E-state index in [1.165, 1.54) is 5.56 Å². The van der Waals surface area contributed by atoms with Gasteiger partial charge in [-0.25, -0.2) is 0 Å². The summed E-state index contributed by atoms with van der Waals surface area (Å²) in [6, 6.07) is 11.3. The van der Waals surface area contributed by atoms with Crippen molar-refractivity contribution in [2.45, 2.75) is 32.0 Å².